The Kier molecular flexibility index (Phi) is 3.65. The van der Waals surface area contributed by atoms with Crippen molar-refractivity contribution in [2.24, 2.45) is 0 Å². The van der Waals surface area contributed by atoms with Crippen molar-refractivity contribution in [2.75, 3.05) is 13.7 Å². The van der Waals surface area contributed by atoms with Crippen LogP contribution in [0.1, 0.15) is 12.8 Å². The molecule has 0 N–H and O–H groups in total. The van der Waals surface area contributed by atoms with Gasteiger partial charge in [-0.2, -0.15) is 5.26 Å². The molecule has 0 aliphatic carbocycles. The summed E-state index contributed by atoms with van der Waals surface area (Å²) < 4.78 is 7.11. The van der Waals surface area contributed by atoms with E-state index in [0.717, 1.165) is 24.3 Å². The summed E-state index contributed by atoms with van der Waals surface area (Å²) in [7, 11) is 1.60. The van der Waals surface area contributed by atoms with E-state index in [4.69, 9.17) is 10.00 Å². The van der Waals surface area contributed by atoms with Crippen LogP contribution in [-0.2, 0) is 0 Å². The molecule has 2 rings (SSSR count). The van der Waals surface area contributed by atoms with E-state index in [1.54, 1.807) is 25.3 Å². The van der Waals surface area contributed by atoms with E-state index in [9.17, 15) is 0 Å². The number of nitriles is 1. The van der Waals surface area contributed by atoms with Crippen LogP contribution in [0, 0.1) is 11.3 Å². The third-order valence-electron chi connectivity index (χ3n) is 2.49. The average molecular weight is 235 g/mol. The summed E-state index contributed by atoms with van der Waals surface area (Å²) in [6, 6.07) is 6.15. The molecule has 84 valence electrons. The van der Waals surface area contributed by atoms with Crippen LogP contribution in [-0.4, -0.2) is 29.0 Å². The van der Waals surface area contributed by atoms with Gasteiger partial charge in [-0.05, 0) is 30.9 Å². The maximum Gasteiger partial charge on any atom is 0.212 e. The van der Waals surface area contributed by atoms with Crippen LogP contribution in [0.4, 0.5) is 0 Å². The lowest BCUT2D eigenvalue weighted by Gasteiger charge is -2.17. The lowest BCUT2D eigenvalue weighted by atomic mass is 10.2. The Morgan fingerprint density at radius 2 is 2.50 bits per heavy atom. The van der Waals surface area contributed by atoms with Gasteiger partial charge in [0.05, 0.1) is 13.2 Å². The number of hydrogen-bond donors (Lipinski definition) is 0. The minimum Gasteiger partial charge on any atom is -0.481 e. The van der Waals surface area contributed by atoms with Crippen LogP contribution < -0.4 is 4.74 Å². The Morgan fingerprint density at radius 1 is 1.62 bits per heavy atom. The highest BCUT2D eigenvalue weighted by atomic mass is 32.2. The molecule has 1 aliphatic heterocycles. The lowest BCUT2D eigenvalue weighted by molar-refractivity contribution is 0.397. The van der Waals surface area contributed by atoms with Crippen molar-refractivity contribution in [1.82, 2.24) is 9.29 Å². The predicted molar refractivity (Wildman–Crippen MR) is 62.0 cm³/mol. The van der Waals surface area contributed by atoms with Crippen molar-refractivity contribution in [2.45, 2.75) is 23.8 Å². The van der Waals surface area contributed by atoms with E-state index >= 15 is 0 Å². The first-order valence-electron chi connectivity index (χ1n) is 5.18. The molecule has 5 heteroatoms. The van der Waals surface area contributed by atoms with Crippen molar-refractivity contribution >= 4 is 11.9 Å². The normalized spacial score (nSPS) is 20.6. The maximum absolute atomic E-state index is 8.96. The molecule has 0 saturated carbocycles. The van der Waals surface area contributed by atoms with Gasteiger partial charge in [0.15, 0.2) is 0 Å². The van der Waals surface area contributed by atoms with Gasteiger partial charge in [0.2, 0.25) is 5.88 Å². The largest absolute Gasteiger partial charge is 0.481 e. The number of ether oxygens (including phenoxy) is 1. The molecule has 1 aliphatic rings. The van der Waals surface area contributed by atoms with Crippen molar-refractivity contribution in [3.8, 4) is 11.9 Å². The van der Waals surface area contributed by atoms with Crippen LogP contribution in [0.5, 0.6) is 5.88 Å². The average Bonchev–Trinajstić information content (AvgIpc) is 2.77. The molecule has 1 aromatic rings. The molecular formula is C11H13N3OS. The molecule has 1 aromatic heterocycles. The number of methoxy groups -OCH3 is 1. The fourth-order valence-corrected chi connectivity index (χ4v) is 2.66. The van der Waals surface area contributed by atoms with E-state index in [1.807, 2.05) is 12.1 Å². The summed E-state index contributed by atoms with van der Waals surface area (Å²) in [5, 5.41) is 8.96. The molecule has 0 aromatic carbocycles. The maximum atomic E-state index is 8.96. The Balaban J connectivity index is 2.01. The molecule has 0 spiro atoms. The van der Waals surface area contributed by atoms with Crippen molar-refractivity contribution in [3.05, 3.63) is 18.3 Å². The van der Waals surface area contributed by atoms with Gasteiger partial charge in [-0.25, -0.2) is 9.29 Å². The second-order valence-electron chi connectivity index (χ2n) is 3.56. The van der Waals surface area contributed by atoms with Crippen molar-refractivity contribution < 1.29 is 4.74 Å². The van der Waals surface area contributed by atoms with E-state index in [2.05, 4.69) is 15.4 Å². The van der Waals surface area contributed by atoms with Crippen LogP contribution >= 0.6 is 11.9 Å². The van der Waals surface area contributed by atoms with Crippen molar-refractivity contribution in [3.63, 3.8) is 0 Å². The highest BCUT2D eigenvalue weighted by Crippen LogP contribution is 2.30. The molecule has 2 heterocycles. The smallest absolute Gasteiger partial charge is 0.212 e. The zero-order valence-electron chi connectivity index (χ0n) is 9.09. The number of nitrogens with zero attached hydrogens (tertiary/aromatic N) is 3. The molecule has 0 bridgehead atoms. The second kappa shape index (κ2) is 5.19. The van der Waals surface area contributed by atoms with Gasteiger partial charge in [-0.3, -0.25) is 0 Å². The summed E-state index contributed by atoms with van der Waals surface area (Å²) in [4.78, 5) is 5.18. The molecule has 4 nitrogen and oxygen atoms in total. The Morgan fingerprint density at radius 3 is 3.12 bits per heavy atom. The second-order valence-corrected chi connectivity index (χ2v) is 4.68. The van der Waals surface area contributed by atoms with Gasteiger partial charge in [0.1, 0.15) is 6.04 Å². The van der Waals surface area contributed by atoms with Gasteiger partial charge < -0.3 is 4.74 Å². The first kappa shape index (κ1) is 11.2. The Bertz CT molecular complexity index is 387. The van der Waals surface area contributed by atoms with Gasteiger partial charge in [-0.15, -0.1) is 0 Å². The fourth-order valence-electron chi connectivity index (χ4n) is 1.66. The number of aromatic nitrogens is 1. The third kappa shape index (κ3) is 2.46. The van der Waals surface area contributed by atoms with Crippen LogP contribution in [0.25, 0.3) is 0 Å². The molecule has 1 fully saturated rings. The number of pyridine rings is 1. The summed E-state index contributed by atoms with van der Waals surface area (Å²) in [6.07, 6.45) is 3.83. The fraction of sp³-hybridized carbons (Fsp3) is 0.455. The van der Waals surface area contributed by atoms with Gasteiger partial charge in [0, 0.05) is 23.7 Å². The quantitative estimate of drug-likeness (QED) is 0.751. The Labute approximate surface area is 99.4 Å². The molecule has 1 unspecified atom stereocenters. The van der Waals surface area contributed by atoms with Gasteiger partial charge in [-0.1, -0.05) is 0 Å². The summed E-state index contributed by atoms with van der Waals surface area (Å²) >= 11 is 1.60. The lowest BCUT2D eigenvalue weighted by Crippen LogP contribution is -2.20. The number of hydrogen-bond acceptors (Lipinski definition) is 5. The molecule has 16 heavy (non-hydrogen) atoms. The van der Waals surface area contributed by atoms with E-state index in [-0.39, 0.29) is 6.04 Å². The van der Waals surface area contributed by atoms with Crippen molar-refractivity contribution in [1.29, 1.82) is 5.26 Å². The predicted octanol–water partition coefficient (Wildman–Crippen LogP) is 2.09. The zero-order valence-corrected chi connectivity index (χ0v) is 9.91. The molecular weight excluding hydrogens is 222 g/mol. The minimum absolute atomic E-state index is 0.0344. The zero-order chi connectivity index (χ0) is 11.4. The first-order valence-corrected chi connectivity index (χ1v) is 5.95. The Hall–Kier alpha value is -1.25. The van der Waals surface area contributed by atoms with E-state index < -0.39 is 0 Å². The molecule has 1 atom stereocenters. The van der Waals surface area contributed by atoms with E-state index in [1.165, 1.54) is 0 Å². The molecule has 0 amide bonds. The van der Waals surface area contributed by atoms with Gasteiger partial charge in [0.25, 0.3) is 0 Å². The third-order valence-corrected chi connectivity index (χ3v) is 3.62. The standard InChI is InChI=1S/C11H13N3OS/c1-15-11-5-4-10(8-13-11)16-14-6-2-3-9(14)7-12/h4-5,8-9H,2-3,6H2,1H3. The van der Waals surface area contributed by atoms with Gasteiger partial charge >= 0.3 is 0 Å². The summed E-state index contributed by atoms with van der Waals surface area (Å²) in [5.74, 6) is 0.614. The monoisotopic (exact) mass is 235 g/mol. The highest BCUT2D eigenvalue weighted by molar-refractivity contribution is 7.97. The van der Waals surface area contributed by atoms with Crippen LogP contribution in [0.3, 0.4) is 0 Å². The topological polar surface area (TPSA) is 49.1 Å². The summed E-state index contributed by atoms with van der Waals surface area (Å²) in [5.41, 5.74) is 0. The molecule has 0 radical (unpaired) electrons. The highest BCUT2D eigenvalue weighted by Gasteiger charge is 2.24. The SMILES string of the molecule is COc1ccc(SN2CCCC2C#N)cn1. The first-order chi connectivity index (χ1) is 7.83. The number of rotatable bonds is 3. The minimum atomic E-state index is 0.0344. The van der Waals surface area contributed by atoms with Crippen LogP contribution in [0.15, 0.2) is 23.2 Å². The molecule has 1 saturated heterocycles. The van der Waals surface area contributed by atoms with Crippen LogP contribution in [0.2, 0.25) is 0 Å². The summed E-state index contributed by atoms with van der Waals surface area (Å²) in [6.45, 7) is 0.967. The van der Waals surface area contributed by atoms with E-state index in [0.29, 0.717) is 5.88 Å².